The van der Waals surface area contributed by atoms with Crippen LogP contribution in [-0.4, -0.2) is 35.0 Å². The van der Waals surface area contributed by atoms with Gasteiger partial charge in [-0.05, 0) is 19.9 Å². The third kappa shape index (κ3) is 2.62. The van der Waals surface area contributed by atoms with Crippen molar-refractivity contribution in [2.75, 3.05) is 7.05 Å². The zero-order valence-corrected chi connectivity index (χ0v) is 9.56. The number of nitrogens with zero attached hydrogens (tertiary/aromatic N) is 1. The fourth-order valence-electron chi connectivity index (χ4n) is 1.23. The molecule has 0 aliphatic carbocycles. The number of rotatable bonds is 4. The van der Waals surface area contributed by atoms with Gasteiger partial charge in [0.1, 0.15) is 12.2 Å². The molecule has 0 radical (unpaired) electrons. The summed E-state index contributed by atoms with van der Waals surface area (Å²) in [5.74, 6) is -1.04. The number of carbonyl (C=O) groups is 2. The molecule has 0 aromatic carbocycles. The maximum absolute atomic E-state index is 11.9. The number of carboxylic acid groups (broad SMARTS) is 1. The van der Waals surface area contributed by atoms with Crippen LogP contribution in [0.15, 0.2) is 16.7 Å². The maximum Gasteiger partial charge on any atom is 0.311 e. The smallest absolute Gasteiger partial charge is 0.311 e. The van der Waals surface area contributed by atoms with Gasteiger partial charge in [0.25, 0.3) is 5.91 Å². The minimum atomic E-state index is -1.02. The van der Waals surface area contributed by atoms with E-state index in [4.69, 9.17) is 9.52 Å². The Labute approximate surface area is 93.7 Å². The molecule has 0 fully saturated rings. The van der Waals surface area contributed by atoms with Crippen molar-refractivity contribution in [3.05, 3.63) is 23.7 Å². The Bertz CT molecular complexity index is 394. The van der Waals surface area contributed by atoms with E-state index in [0.717, 1.165) is 0 Å². The molecule has 5 heteroatoms. The van der Waals surface area contributed by atoms with Crippen LogP contribution in [0.5, 0.6) is 0 Å². The lowest BCUT2D eigenvalue weighted by Gasteiger charge is -2.21. The van der Waals surface area contributed by atoms with E-state index in [1.165, 1.54) is 17.2 Å². The molecule has 0 atom stereocenters. The molecule has 16 heavy (non-hydrogen) atoms. The number of amides is 1. The second-order valence-electron chi connectivity index (χ2n) is 3.84. The predicted octanol–water partition coefficient (Wildman–Crippen LogP) is 1.39. The topological polar surface area (TPSA) is 70.8 Å². The molecular weight excluding hydrogens is 210 g/mol. The molecule has 5 nitrogen and oxygen atoms in total. The highest BCUT2D eigenvalue weighted by atomic mass is 16.4. The zero-order chi connectivity index (χ0) is 12.3. The van der Waals surface area contributed by atoms with Crippen LogP contribution in [0.2, 0.25) is 0 Å². The van der Waals surface area contributed by atoms with E-state index in [0.29, 0.717) is 5.56 Å². The van der Waals surface area contributed by atoms with Crippen molar-refractivity contribution in [2.45, 2.75) is 26.3 Å². The second kappa shape index (κ2) is 4.83. The van der Waals surface area contributed by atoms with Crippen LogP contribution in [0.3, 0.4) is 0 Å². The standard InChI is InChI=1S/C11H15NO4/c1-7(2)12(3)11(15)8-4-5-16-9(8)6-10(13)14/h4-5,7H,6H2,1-3H3,(H,13,14). The number of furan rings is 1. The minimum Gasteiger partial charge on any atom is -0.481 e. The van der Waals surface area contributed by atoms with E-state index in [2.05, 4.69) is 0 Å². The summed E-state index contributed by atoms with van der Waals surface area (Å²) in [5.41, 5.74) is 0.318. The number of aliphatic carboxylic acids is 1. The summed E-state index contributed by atoms with van der Waals surface area (Å²) in [6, 6.07) is 1.56. The number of carboxylic acids is 1. The van der Waals surface area contributed by atoms with Gasteiger partial charge in [-0.2, -0.15) is 0 Å². The third-order valence-corrected chi connectivity index (χ3v) is 2.38. The highest BCUT2D eigenvalue weighted by Crippen LogP contribution is 2.14. The molecule has 0 bridgehead atoms. The molecule has 0 spiro atoms. The van der Waals surface area contributed by atoms with Gasteiger partial charge in [-0.25, -0.2) is 0 Å². The molecule has 1 aromatic rings. The quantitative estimate of drug-likeness (QED) is 0.840. The van der Waals surface area contributed by atoms with E-state index in [1.807, 2.05) is 13.8 Å². The average molecular weight is 225 g/mol. The summed E-state index contributed by atoms with van der Waals surface area (Å²) >= 11 is 0. The molecule has 0 saturated heterocycles. The van der Waals surface area contributed by atoms with Crippen LogP contribution < -0.4 is 0 Å². The SMILES string of the molecule is CC(C)N(C)C(=O)c1ccoc1CC(=O)O. The number of carbonyl (C=O) groups excluding carboxylic acids is 1. The van der Waals surface area contributed by atoms with Gasteiger partial charge in [0.05, 0.1) is 11.8 Å². The van der Waals surface area contributed by atoms with Gasteiger partial charge in [-0.15, -0.1) is 0 Å². The molecule has 1 amide bonds. The third-order valence-electron chi connectivity index (χ3n) is 2.38. The Hall–Kier alpha value is -1.78. The zero-order valence-electron chi connectivity index (χ0n) is 9.56. The van der Waals surface area contributed by atoms with Gasteiger partial charge in [0.2, 0.25) is 0 Å². The van der Waals surface area contributed by atoms with Crippen molar-refractivity contribution in [2.24, 2.45) is 0 Å². The van der Waals surface area contributed by atoms with Crippen LogP contribution in [0.25, 0.3) is 0 Å². The molecule has 1 N–H and O–H groups in total. The molecule has 1 rings (SSSR count). The van der Waals surface area contributed by atoms with Crippen molar-refractivity contribution in [1.82, 2.24) is 4.90 Å². The molecule has 1 aromatic heterocycles. The first-order valence-electron chi connectivity index (χ1n) is 4.98. The van der Waals surface area contributed by atoms with E-state index in [-0.39, 0.29) is 24.1 Å². The summed E-state index contributed by atoms with van der Waals surface area (Å²) in [6.45, 7) is 3.77. The van der Waals surface area contributed by atoms with E-state index >= 15 is 0 Å². The van der Waals surface area contributed by atoms with E-state index in [9.17, 15) is 9.59 Å². The van der Waals surface area contributed by atoms with E-state index < -0.39 is 5.97 Å². The highest BCUT2D eigenvalue weighted by molar-refractivity contribution is 5.96. The highest BCUT2D eigenvalue weighted by Gasteiger charge is 2.21. The Morgan fingerprint density at radius 3 is 2.62 bits per heavy atom. The van der Waals surface area contributed by atoms with Gasteiger partial charge in [-0.3, -0.25) is 9.59 Å². The lowest BCUT2D eigenvalue weighted by atomic mass is 10.1. The van der Waals surface area contributed by atoms with Crippen molar-refractivity contribution in [1.29, 1.82) is 0 Å². The van der Waals surface area contributed by atoms with Crippen LogP contribution in [0, 0.1) is 0 Å². The van der Waals surface area contributed by atoms with Crippen LogP contribution >= 0.6 is 0 Å². The Morgan fingerprint density at radius 1 is 1.50 bits per heavy atom. The van der Waals surface area contributed by atoms with E-state index in [1.54, 1.807) is 7.05 Å². The monoisotopic (exact) mass is 225 g/mol. The Kier molecular flexibility index (Phi) is 3.71. The first kappa shape index (κ1) is 12.3. The normalized spacial score (nSPS) is 10.5. The summed E-state index contributed by atoms with van der Waals surface area (Å²) in [7, 11) is 1.67. The molecule has 88 valence electrons. The largest absolute Gasteiger partial charge is 0.481 e. The number of hydrogen-bond acceptors (Lipinski definition) is 3. The summed E-state index contributed by atoms with van der Waals surface area (Å²) in [5, 5.41) is 8.65. The summed E-state index contributed by atoms with van der Waals surface area (Å²) < 4.78 is 5.00. The van der Waals surface area contributed by atoms with Gasteiger partial charge < -0.3 is 14.4 Å². The Morgan fingerprint density at radius 2 is 2.12 bits per heavy atom. The second-order valence-corrected chi connectivity index (χ2v) is 3.84. The minimum absolute atomic E-state index is 0.0556. The van der Waals surface area contributed by atoms with Gasteiger partial charge in [-0.1, -0.05) is 0 Å². The average Bonchev–Trinajstić information content (AvgIpc) is 2.62. The first-order chi connectivity index (χ1) is 7.43. The molecular formula is C11H15NO4. The van der Waals surface area contributed by atoms with Crippen molar-refractivity contribution >= 4 is 11.9 Å². The molecule has 0 unspecified atom stereocenters. The van der Waals surface area contributed by atoms with Gasteiger partial charge >= 0.3 is 5.97 Å². The summed E-state index contributed by atoms with van der Waals surface area (Å²) in [4.78, 5) is 24.0. The first-order valence-corrected chi connectivity index (χ1v) is 4.98. The predicted molar refractivity (Wildman–Crippen MR) is 57.3 cm³/mol. The molecule has 0 aliphatic heterocycles. The van der Waals surface area contributed by atoms with Gasteiger partial charge in [0.15, 0.2) is 0 Å². The fourth-order valence-corrected chi connectivity index (χ4v) is 1.23. The summed E-state index contributed by atoms with van der Waals surface area (Å²) in [6.07, 6.45) is 1.06. The van der Waals surface area contributed by atoms with Crippen molar-refractivity contribution in [3.63, 3.8) is 0 Å². The van der Waals surface area contributed by atoms with Crippen LogP contribution in [-0.2, 0) is 11.2 Å². The fraction of sp³-hybridized carbons (Fsp3) is 0.455. The maximum atomic E-state index is 11.9. The lowest BCUT2D eigenvalue weighted by molar-refractivity contribution is -0.136. The van der Waals surface area contributed by atoms with Crippen molar-refractivity contribution < 1.29 is 19.1 Å². The number of hydrogen-bond donors (Lipinski definition) is 1. The van der Waals surface area contributed by atoms with Crippen LogP contribution in [0.4, 0.5) is 0 Å². The van der Waals surface area contributed by atoms with Crippen molar-refractivity contribution in [3.8, 4) is 0 Å². The lowest BCUT2D eigenvalue weighted by Crippen LogP contribution is -2.33. The molecule has 0 aliphatic rings. The molecule has 1 heterocycles. The van der Waals surface area contributed by atoms with Crippen LogP contribution in [0.1, 0.15) is 30.0 Å². The Balaban J connectivity index is 2.91. The van der Waals surface area contributed by atoms with Gasteiger partial charge in [0, 0.05) is 13.1 Å². The molecule has 0 saturated carbocycles.